The first-order valence-electron chi connectivity index (χ1n) is 9.50. The van der Waals surface area contributed by atoms with E-state index in [9.17, 15) is 14.3 Å². The topological polar surface area (TPSA) is 122 Å². The van der Waals surface area contributed by atoms with Crippen molar-refractivity contribution in [3.05, 3.63) is 72.3 Å². The van der Waals surface area contributed by atoms with Gasteiger partial charge < -0.3 is 15.4 Å². The molecule has 0 amide bonds. The van der Waals surface area contributed by atoms with Crippen LogP contribution in [-0.2, 0) is 6.42 Å². The predicted octanol–water partition coefficient (Wildman–Crippen LogP) is 3.18. The third kappa shape index (κ3) is 3.23. The molecule has 0 aliphatic carbocycles. The van der Waals surface area contributed by atoms with E-state index in [-0.39, 0.29) is 5.52 Å². The number of benzene rings is 2. The molecule has 0 atom stereocenters. The van der Waals surface area contributed by atoms with Crippen molar-refractivity contribution in [2.75, 3.05) is 11.9 Å². The van der Waals surface area contributed by atoms with Gasteiger partial charge in [-0.05, 0) is 24.3 Å². The zero-order valence-corrected chi connectivity index (χ0v) is 16.1. The Kier molecular flexibility index (Phi) is 4.51. The van der Waals surface area contributed by atoms with Crippen LogP contribution in [0.5, 0.6) is 0 Å². The summed E-state index contributed by atoms with van der Waals surface area (Å²) in [6.07, 6.45) is 3.40. The fourth-order valence-corrected chi connectivity index (χ4v) is 3.61. The number of carboxylic acid groups (broad SMARTS) is 1. The maximum Gasteiger partial charge on any atom is 0.340 e. The van der Waals surface area contributed by atoms with Crippen molar-refractivity contribution in [3.63, 3.8) is 0 Å². The van der Waals surface area contributed by atoms with Crippen LogP contribution in [-0.4, -0.2) is 47.1 Å². The molecule has 154 valence electrons. The first-order valence-corrected chi connectivity index (χ1v) is 9.50. The molecular formula is C21H16FN7O2. The number of aromatic nitrogens is 6. The summed E-state index contributed by atoms with van der Waals surface area (Å²) in [5, 5.41) is 12.9. The molecule has 3 aromatic heterocycles. The molecule has 0 fully saturated rings. The maximum atomic E-state index is 14.4. The van der Waals surface area contributed by atoms with Crippen LogP contribution in [0.15, 0.2) is 55.1 Å². The van der Waals surface area contributed by atoms with Crippen LogP contribution in [0.25, 0.3) is 27.9 Å². The Morgan fingerprint density at radius 3 is 2.77 bits per heavy atom. The van der Waals surface area contributed by atoms with Crippen molar-refractivity contribution in [1.29, 1.82) is 0 Å². The highest BCUT2D eigenvalue weighted by atomic mass is 19.1. The number of H-pyrrole nitrogens is 1. The molecule has 3 N–H and O–H groups in total. The lowest BCUT2D eigenvalue weighted by Crippen LogP contribution is -2.12. The number of halogens is 1. The Morgan fingerprint density at radius 1 is 1.13 bits per heavy atom. The fourth-order valence-electron chi connectivity index (χ4n) is 3.61. The third-order valence-corrected chi connectivity index (χ3v) is 4.93. The van der Waals surface area contributed by atoms with E-state index in [0.29, 0.717) is 47.0 Å². The molecule has 9 nitrogen and oxygen atoms in total. The monoisotopic (exact) mass is 417 g/mol. The molecule has 3 heterocycles. The lowest BCUT2D eigenvalue weighted by atomic mass is 10.1. The van der Waals surface area contributed by atoms with Gasteiger partial charge in [-0.25, -0.2) is 29.1 Å². The molecule has 2 aromatic carbocycles. The van der Waals surface area contributed by atoms with Gasteiger partial charge in [0, 0.05) is 18.7 Å². The average Bonchev–Trinajstić information content (AvgIpc) is 3.39. The summed E-state index contributed by atoms with van der Waals surface area (Å²) in [5.74, 6) is -0.948. The summed E-state index contributed by atoms with van der Waals surface area (Å²) >= 11 is 0. The summed E-state index contributed by atoms with van der Waals surface area (Å²) in [6.45, 7) is 0.451. The number of nitrogens with zero attached hydrogens (tertiary/aromatic N) is 5. The number of anilines is 1. The number of nitrogens with one attached hydrogen (secondary N) is 2. The first-order chi connectivity index (χ1) is 15.1. The van der Waals surface area contributed by atoms with Crippen LogP contribution in [0.4, 0.5) is 10.2 Å². The van der Waals surface area contributed by atoms with Crippen molar-refractivity contribution >= 4 is 34.0 Å². The van der Waals surface area contributed by atoms with E-state index in [1.165, 1.54) is 12.4 Å². The number of fused-ring (bicyclic) bond motifs is 2. The van der Waals surface area contributed by atoms with Gasteiger partial charge >= 0.3 is 5.97 Å². The van der Waals surface area contributed by atoms with Crippen LogP contribution >= 0.6 is 0 Å². The summed E-state index contributed by atoms with van der Waals surface area (Å²) in [6, 6.07) is 11.8. The third-order valence-electron chi connectivity index (χ3n) is 4.93. The Labute approximate surface area is 174 Å². The van der Waals surface area contributed by atoms with E-state index in [4.69, 9.17) is 0 Å². The molecule has 5 rings (SSSR count). The number of carboxylic acids is 1. The van der Waals surface area contributed by atoms with Crippen LogP contribution in [0.2, 0.25) is 0 Å². The highest BCUT2D eigenvalue weighted by molar-refractivity contribution is 6.02. The van der Waals surface area contributed by atoms with Gasteiger partial charge in [0.1, 0.15) is 29.0 Å². The van der Waals surface area contributed by atoms with Gasteiger partial charge in [-0.15, -0.1) is 0 Å². The highest BCUT2D eigenvalue weighted by Crippen LogP contribution is 2.27. The molecule has 31 heavy (non-hydrogen) atoms. The van der Waals surface area contributed by atoms with Gasteiger partial charge in [-0.3, -0.25) is 4.57 Å². The lowest BCUT2D eigenvalue weighted by Gasteiger charge is -2.11. The molecule has 0 saturated heterocycles. The second-order valence-corrected chi connectivity index (χ2v) is 6.79. The number of imidazole rings is 2. The van der Waals surface area contributed by atoms with Crippen LogP contribution in [0.1, 0.15) is 16.2 Å². The number of aromatic carboxylic acids is 1. The van der Waals surface area contributed by atoms with E-state index < -0.39 is 17.3 Å². The molecule has 0 saturated carbocycles. The minimum absolute atomic E-state index is 0.228. The summed E-state index contributed by atoms with van der Waals surface area (Å²) in [7, 11) is 0. The van der Waals surface area contributed by atoms with E-state index in [1.54, 1.807) is 10.9 Å². The smallest absolute Gasteiger partial charge is 0.340 e. The van der Waals surface area contributed by atoms with Crippen molar-refractivity contribution in [1.82, 2.24) is 29.5 Å². The van der Waals surface area contributed by atoms with Gasteiger partial charge in [-0.2, -0.15) is 0 Å². The van der Waals surface area contributed by atoms with Crippen molar-refractivity contribution in [2.45, 2.75) is 6.42 Å². The van der Waals surface area contributed by atoms with Gasteiger partial charge in [0.25, 0.3) is 0 Å². The molecule has 0 aliphatic heterocycles. The van der Waals surface area contributed by atoms with E-state index in [2.05, 4.69) is 30.2 Å². The molecule has 0 bridgehead atoms. The number of rotatable bonds is 6. The molecular weight excluding hydrogens is 401 g/mol. The molecule has 0 spiro atoms. The minimum Gasteiger partial charge on any atom is -0.478 e. The molecule has 0 unspecified atom stereocenters. The SMILES string of the molecule is O=C(O)c1c(F)ccc2nc(CCNc3ncnc4nc[nH]c34)n(-c3ccccc3)c12. The number of hydrogen-bond donors (Lipinski definition) is 3. The zero-order valence-electron chi connectivity index (χ0n) is 16.1. The molecule has 5 aromatic rings. The van der Waals surface area contributed by atoms with Crippen LogP contribution < -0.4 is 5.32 Å². The Hall–Kier alpha value is -4.34. The summed E-state index contributed by atoms with van der Waals surface area (Å²) in [5.41, 5.74) is 2.18. The zero-order chi connectivity index (χ0) is 21.4. The van der Waals surface area contributed by atoms with E-state index in [0.717, 1.165) is 6.07 Å². The van der Waals surface area contributed by atoms with Crippen molar-refractivity contribution < 1.29 is 14.3 Å². The average molecular weight is 417 g/mol. The van der Waals surface area contributed by atoms with Crippen molar-refractivity contribution in [2.24, 2.45) is 0 Å². The predicted molar refractivity (Wildman–Crippen MR) is 112 cm³/mol. The summed E-state index contributed by atoms with van der Waals surface area (Å²) in [4.78, 5) is 31.8. The maximum absolute atomic E-state index is 14.4. The van der Waals surface area contributed by atoms with Gasteiger partial charge in [0.15, 0.2) is 11.5 Å². The number of hydrogen-bond acceptors (Lipinski definition) is 6. The van der Waals surface area contributed by atoms with E-state index in [1.807, 2.05) is 30.3 Å². The van der Waals surface area contributed by atoms with Crippen LogP contribution in [0.3, 0.4) is 0 Å². The quantitative estimate of drug-likeness (QED) is 0.388. The number of para-hydroxylation sites is 1. The van der Waals surface area contributed by atoms with E-state index >= 15 is 0 Å². The first kappa shape index (κ1) is 18.7. The Bertz CT molecular complexity index is 1410. The molecule has 0 aliphatic rings. The minimum atomic E-state index is -1.34. The Balaban J connectivity index is 1.56. The molecule has 10 heteroatoms. The van der Waals surface area contributed by atoms with Gasteiger partial charge in [0.05, 0.1) is 17.4 Å². The van der Waals surface area contributed by atoms with Crippen LogP contribution in [0, 0.1) is 5.82 Å². The normalized spacial score (nSPS) is 11.3. The highest BCUT2D eigenvalue weighted by Gasteiger charge is 2.22. The second kappa shape index (κ2) is 7.48. The van der Waals surface area contributed by atoms with Gasteiger partial charge in [0.2, 0.25) is 0 Å². The number of carbonyl (C=O) groups is 1. The largest absolute Gasteiger partial charge is 0.478 e. The lowest BCUT2D eigenvalue weighted by molar-refractivity contribution is 0.0694. The standard InChI is InChI=1S/C21H16FN7O2/c22-13-6-7-14-18(16(13)21(30)31)29(12-4-2-1-3-5-12)15(28-14)8-9-23-19-17-20(25-10-24-17)27-11-26-19/h1-7,10-11H,8-9H2,(H,30,31)(H2,23,24,25,26,27). The Morgan fingerprint density at radius 2 is 1.97 bits per heavy atom. The summed E-state index contributed by atoms with van der Waals surface area (Å²) < 4.78 is 16.1. The number of aromatic amines is 1. The molecule has 0 radical (unpaired) electrons. The fraction of sp³-hybridized carbons (Fsp3) is 0.0952. The van der Waals surface area contributed by atoms with Gasteiger partial charge in [-0.1, -0.05) is 18.2 Å². The second-order valence-electron chi connectivity index (χ2n) is 6.79. The van der Waals surface area contributed by atoms with Crippen molar-refractivity contribution in [3.8, 4) is 5.69 Å².